The van der Waals surface area contributed by atoms with Crippen LogP contribution in [0.3, 0.4) is 0 Å². The molecule has 0 spiro atoms. The number of nitriles is 1. The number of alkyl halides is 1. The first kappa shape index (κ1) is 29.1. The minimum Gasteiger partial charge on any atom is -0.496 e. The van der Waals surface area contributed by atoms with Gasteiger partial charge in [-0.05, 0) is 87.3 Å². The lowest BCUT2D eigenvalue weighted by Gasteiger charge is -2.17. The molecule has 1 saturated carbocycles. The van der Waals surface area contributed by atoms with Crippen molar-refractivity contribution in [2.24, 2.45) is 17.3 Å². The summed E-state index contributed by atoms with van der Waals surface area (Å²) in [4.78, 5) is 21.1. The van der Waals surface area contributed by atoms with Crippen LogP contribution in [0, 0.1) is 28.6 Å². The molecule has 0 bridgehead atoms. The Balaban J connectivity index is 1.98. The number of Topliss-reactive ketones (excluding diaryl/α,β-unsaturated/α-hetero) is 1. The molecule has 6 nitrogen and oxygen atoms in total. The molecule has 2 aromatic rings. The van der Waals surface area contributed by atoms with E-state index in [2.05, 4.69) is 29.5 Å². The van der Waals surface area contributed by atoms with Crippen molar-refractivity contribution >= 4 is 11.9 Å². The molecule has 202 valence electrons. The Kier molecular flexibility index (Phi) is 9.82. The van der Waals surface area contributed by atoms with Gasteiger partial charge >= 0.3 is 0 Å². The van der Waals surface area contributed by atoms with Crippen molar-refractivity contribution in [1.82, 2.24) is 9.97 Å². The van der Waals surface area contributed by atoms with Crippen LogP contribution in [0.5, 0.6) is 5.75 Å². The third-order valence-electron chi connectivity index (χ3n) is 7.07. The van der Waals surface area contributed by atoms with E-state index in [4.69, 9.17) is 9.47 Å². The van der Waals surface area contributed by atoms with Crippen LogP contribution < -0.4 is 4.74 Å². The fraction of sp³-hybridized carbons (Fsp3) is 0.452. The first-order valence-corrected chi connectivity index (χ1v) is 13.1. The summed E-state index contributed by atoms with van der Waals surface area (Å²) in [6, 6.07) is 5.91. The molecule has 7 heteroatoms. The van der Waals surface area contributed by atoms with Gasteiger partial charge in [-0.3, -0.25) is 4.79 Å². The molecule has 1 aliphatic carbocycles. The van der Waals surface area contributed by atoms with Crippen LogP contribution in [-0.4, -0.2) is 29.2 Å². The average Bonchev–Trinajstić information content (AvgIpc) is 3.67. The number of carbonyl (C=O) groups is 1. The maximum absolute atomic E-state index is 13.9. The lowest BCUT2D eigenvalue weighted by atomic mass is 9.85. The van der Waals surface area contributed by atoms with E-state index in [0.717, 1.165) is 23.6 Å². The van der Waals surface area contributed by atoms with E-state index in [1.165, 1.54) is 20.0 Å². The number of methoxy groups -OCH3 is 1. The van der Waals surface area contributed by atoms with E-state index >= 15 is 0 Å². The summed E-state index contributed by atoms with van der Waals surface area (Å²) in [5.74, 6) is 2.15. The van der Waals surface area contributed by atoms with Crippen LogP contribution in [0.2, 0.25) is 0 Å². The summed E-state index contributed by atoms with van der Waals surface area (Å²) in [5, 5.41) is 9.58. The quantitative estimate of drug-likeness (QED) is 0.158. The number of aromatic nitrogens is 2. The van der Waals surface area contributed by atoms with Gasteiger partial charge in [-0.25, -0.2) is 9.37 Å². The Bertz CT molecular complexity index is 1250. The zero-order chi connectivity index (χ0) is 27.9. The number of benzene rings is 1. The molecule has 1 N–H and O–H groups in total. The van der Waals surface area contributed by atoms with Gasteiger partial charge < -0.3 is 14.5 Å². The number of ether oxygens (including phenoxy) is 2. The minimum absolute atomic E-state index is 0.0449. The molecule has 1 heterocycles. The SMILES string of the molecule is C=CC(F)OCc1cc(-c2cnc(/C=C(\C=C/C)C(C)(C)C#N)[nH]2)cc(OC)c1C(=O)CCC(C)C1CC1. The Morgan fingerprint density at radius 1 is 1.39 bits per heavy atom. The van der Waals surface area contributed by atoms with Crippen molar-refractivity contribution in [2.75, 3.05) is 7.11 Å². The highest BCUT2D eigenvalue weighted by Crippen LogP contribution is 2.39. The zero-order valence-corrected chi connectivity index (χ0v) is 23.0. The van der Waals surface area contributed by atoms with Gasteiger partial charge in [0, 0.05) is 12.0 Å². The van der Waals surface area contributed by atoms with Crippen molar-refractivity contribution in [3.8, 4) is 23.1 Å². The van der Waals surface area contributed by atoms with Gasteiger partial charge in [-0.15, -0.1) is 0 Å². The molecule has 0 radical (unpaired) electrons. The van der Waals surface area contributed by atoms with Crippen LogP contribution in [-0.2, 0) is 11.3 Å². The molecule has 0 amide bonds. The van der Waals surface area contributed by atoms with Crippen molar-refractivity contribution in [3.05, 3.63) is 65.7 Å². The van der Waals surface area contributed by atoms with E-state index in [-0.39, 0.29) is 12.4 Å². The predicted molar refractivity (Wildman–Crippen MR) is 148 cm³/mol. The summed E-state index contributed by atoms with van der Waals surface area (Å²) >= 11 is 0. The van der Waals surface area contributed by atoms with Crippen LogP contribution in [0.4, 0.5) is 4.39 Å². The molecule has 0 aliphatic heterocycles. The Hall–Kier alpha value is -3.50. The van der Waals surface area contributed by atoms with Crippen LogP contribution in [0.1, 0.15) is 75.1 Å². The highest BCUT2D eigenvalue weighted by molar-refractivity contribution is 6.00. The van der Waals surface area contributed by atoms with Gasteiger partial charge in [0.05, 0.1) is 42.7 Å². The molecule has 0 saturated heterocycles. The normalized spacial score (nSPS) is 15.8. The van der Waals surface area contributed by atoms with E-state index < -0.39 is 11.8 Å². The molecular weight excluding hydrogens is 481 g/mol. The summed E-state index contributed by atoms with van der Waals surface area (Å²) in [6.45, 7) is 11.1. The maximum atomic E-state index is 13.9. The van der Waals surface area contributed by atoms with E-state index in [0.29, 0.717) is 46.7 Å². The molecule has 1 fully saturated rings. The lowest BCUT2D eigenvalue weighted by molar-refractivity contribution is -0.0142. The summed E-state index contributed by atoms with van der Waals surface area (Å²) in [5.41, 5.74) is 2.49. The molecule has 3 rings (SSSR count). The molecule has 2 unspecified atom stereocenters. The third-order valence-corrected chi connectivity index (χ3v) is 7.07. The van der Waals surface area contributed by atoms with Gasteiger partial charge in [-0.1, -0.05) is 25.7 Å². The lowest BCUT2D eigenvalue weighted by Crippen LogP contribution is -2.12. The first-order valence-electron chi connectivity index (χ1n) is 13.1. The van der Waals surface area contributed by atoms with Crippen LogP contribution in [0.15, 0.2) is 48.7 Å². The van der Waals surface area contributed by atoms with Crippen molar-refractivity contribution in [2.45, 2.75) is 66.3 Å². The van der Waals surface area contributed by atoms with E-state index in [1.807, 2.05) is 45.1 Å². The standard InChI is InChI=1S/C31H38FN3O3/c1-7-9-24(31(4,5)19-33)16-29-34-17-25(35-29)22-14-23(18-38-28(32)8-2)30(27(15-22)37-6)26(36)13-10-20(3)21-11-12-21/h7-9,14-17,20-21,28H,2,10-13,18H2,1,3-6H3,(H,34,35)/b9-7-,24-16+. The molecular formula is C31H38FN3O3. The fourth-order valence-corrected chi connectivity index (χ4v) is 4.43. The largest absolute Gasteiger partial charge is 0.496 e. The zero-order valence-electron chi connectivity index (χ0n) is 23.0. The molecule has 2 atom stereocenters. The number of rotatable bonds is 14. The monoisotopic (exact) mass is 519 g/mol. The number of hydrogen-bond acceptors (Lipinski definition) is 5. The second kappa shape index (κ2) is 12.8. The van der Waals surface area contributed by atoms with Gasteiger partial charge in [0.15, 0.2) is 5.78 Å². The van der Waals surface area contributed by atoms with Crippen molar-refractivity contribution in [1.29, 1.82) is 5.26 Å². The topological polar surface area (TPSA) is 88.0 Å². The van der Waals surface area contributed by atoms with Gasteiger partial charge in [0.2, 0.25) is 6.36 Å². The number of ketones is 1. The number of imidazole rings is 1. The Labute approximate surface area is 225 Å². The second-order valence-electron chi connectivity index (χ2n) is 10.4. The van der Waals surface area contributed by atoms with Gasteiger partial charge in [0.1, 0.15) is 11.6 Å². The number of carbonyl (C=O) groups excluding carboxylic acids is 1. The summed E-state index contributed by atoms with van der Waals surface area (Å²) in [7, 11) is 1.52. The highest BCUT2D eigenvalue weighted by atomic mass is 19.1. The summed E-state index contributed by atoms with van der Waals surface area (Å²) in [6.07, 6.45) is 10.4. The van der Waals surface area contributed by atoms with E-state index in [1.54, 1.807) is 12.3 Å². The predicted octanol–water partition coefficient (Wildman–Crippen LogP) is 7.60. The Morgan fingerprint density at radius 3 is 2.74 bits per heavy atom. The van der Waals surface area contributed by atoms with E-state index in [9.17, 15) is 14.4 Å². The van der Waals surface area contributed by atoms with Crippen molar-refractivity contribution < 1.29 is 18.7 Å². The number of nitrogens with one attached hydrogen (secondary N) is 1. The summed E-state index contributed by atoms with van der Waals surface area (Å²) < 4.78 is 24.9. The number of nitrogens with zero attached hydrogens (tertiary/aromatic N) is 2. The second-order valence-corrected chi connectivity index (χ2v) is 10.4. The van der Waals surface area contributed by atoms with Crippen LogP contribution in [0.25, 0.3) is 17.3 Å². The third kappa shape index (κ3) is 7.29. The Morgan fingerprint density at radius 2 is 2.13 bits per heavy atom. The molecule has 1 aromatic heterocycles. The molecule has 1 aliphatic rings. The number of H-pyrrole nitrogens is 1. The van der Waals surface area contributed by atoms with Crippen molar-refractivity contribution in [3.63, 3.8) is 0 Å². The van der Waals surface area contributed by atoms with Gasteiger partial charge in [-0.2, -0.15) is 5.26 Å². The number of hydrogen-bond donors (Lipinski definition) is 1. The van der Waals surface area contributed by atoms with Crippen LogP contribution >= 0.6 is 0 Å². The number of aromatic amines is 1. The minimum atomic E-state index is -1.65. The highest BCUT2D eigenvalue weighted by Gasteiger charge is 2.29. The van der Waals surface area contributed by atoms with Gasteiger partial charge in [0.25, 0.3) is 0 Å². The average molecular weight is 520 g/mol. The molecule has 1 aromatic carbocycles. The smallest absolute Gasteiger partial charge is 0.218 e. The number of halogens is 1. The first-order chi connectivity index (χ1) is 18.1. The maximum Gasteiger partial charge on any atom is 0.218 e. The molecule has 38 heavy (non-hydrogen) atoms. The number of allylic oxidation sites excluding steroid dienone is 3. The fourth-order valence-electron chi connectivity index (χ4n) is 4.43.